The van der Waals surface area contributed by atoms with E-state index in [4.69, 9.17) is 0 Å². The highest BCUT2D eigenvalue weighted by Gasteiger charge is 1.76. The summed E-state index contributed by atoms with van der Waals surface area (Å²) in [5, 5.41) is 13.1. The molecule has 0 aromatic heterocycles. The van der Waals surface area contributed by atoms with E-state index >= 15 is 0 Å². The van der Waals surface area contributed by atoms with Gasteiger partial charge in [0, 0.05) is 0 Å². The molecule has 1 aliphatic heterocycles. The molecule has 0 aliphatic carbocycles. The van der Waals surface area contributed by atoms with Crippen molar-refractivity contribution in [2.75, 3.05) is 6.67 Å². The SMILES string of the molecule is C1N=NN=N1.Cl.Cl. The van der Waals surface area contributed by atoms with Gasteiger partial charge in [-0.25, -0.2) is 0 Å². The topological polar surface area (TPSA) is 49.4 Å². The second kappa shape index (κ2) is 5.78. The maximum Gasteiger partial charge on any atom is 0.175 e. The van der Waals surface area contributed by atoms with Crippen LogP contribution in [0.2, 0.25) is 0 Å². The Bertz CT molecular complexity index is 67.8. The zero-order valence-corrected chi connectivity index (χ0v) is 4.95. The van der Waals surface area contributed by atoms with Crippen molar-refractivity contribution in [3.63, 3.8) is 0 Å². The first-order valence-electron chi connectivity index (χ1n) is 1.23. The highest BCUT2D eigenvalue weighted by molar-refractivity contribution is 5.85. The average molecular weight is 143 g/mol. The third-order valence-corrected chi connectivity index (χ3v) is 0.293. The first-order valence-corrected chi connectivity index (χ1v) is 1.23. The van der Waals surface area contributed by atoms with E-state index < -0.39 is 0 Å². The predicted octanol–water partition coefficient (Wildman–Crippen LogP) is 1.62. The predicted molar refractivity (Wildman–Crippen MR) is 29.1 cm³/mol. The van der Waals surface area contributed by atoms with E-state index in [2.05, 4.69) is 20.7 Å². The average Bonchev–Trinajstić information content (AvgIpc) is 1.76. The van der Waals surface area contributed by atoms with E-state index in [-0.39, 0.29) is 24.8 Å². The van der Waals surface area contributed by atoms with Crippen molar-refractivity contribution < 1.29 is 0 Å². The molecular weight excluding hydrogens is 139 g/mol. The van der Waals surface area contributed by atoms with Gasteiger partial charge in [0.25, 0.3) is 0 Å². The molecule has 42 valence electrons. The van der Waals surface area contributed by atoms with E-state index in [0.717, 1.165) is 0 Å². The van der Waals surface area contributed by atoms with Crippen molar-refractivity contribution in [2.45, 2.75) is 0 Å². The van der Waals surface area contributed by atoms with Gasteiger partial charge in [-0.05, 0) is 10.4 Å². The van der Waals surface area contributed by atoms with E-state index in [1.165, 1.54) is 0 Å². The summed E-state index contributed by atoms with van der Waals surface area (Å²) < 4.78 is 0. The van der Waals surface area contributed by atoms with Crippen LogP contribution in [0.3, 0.4) is 0 Å². The highest BCUT2D eigenvalue weighted by Crippen LogP contribution is 1.87. The lowest BCUT2D eigenvalue weighted by Crippen LogP contribution is -1.52. The van der Waals surface area contributed by atoms with E-state index in [0.29, 0.717) is 6.67 Å². The Hall–Kier alpha value is -0.220. The first kappa shape index (κ1) is 9.91. The molecule has 7 heavy (non-hydrogen) atoms. The van der Waals surface area contributed by atoms with Gasteiger partial charge >= 0.3 is 0 Å². The largest absolute Gasteiger partial charge is 0.175 e. The summed E-state index contributed by atoms with van der Waals surface area (Å²) in [7, 11) is 0. The van der Waals surface area contributed by atoms with Crippen LogP contribution in [-0.4, -0.2) is 6.67 Å². The number of halogens is 2. The van der Waals surface area contributed by atoms with Gasteiger partial charge in [-0.1, -0.05) is 0 Å². The lowest BCUT2D eigenvalue weighted by Gasteiger charge is -1.52. The molecule has 0 saturated carbocycles. The second-order valence-electron chi connectivity index (χ2n) is 0.603. The summed E-state index contributed by atoms with van der Waals surface area (Å²) in [6.07, 6.45) is 0. The Labute approximate surface area is 52.9 Å². The molecule has 0 aromatic rings. The molecule has 0 amide bonds. The molecule has 0 aromatic carbocycles. The molecule has 0 fully saturated rings. The van der Waals surface area contributed by atoms with Gasteiger partial charge in [-0.15, -0.1) is 35.0 Å². The summed E-state index contributed by atoms with van der Waals surface area (Å²) in [6.45, 7) is 0.417. The molecule has 0 saturated heterocycles. The maximum atomic E-state index is 3.38. The Balaban J connectivity index is 0. The summed E-state index contributed by atoms with van der Waals surface area (Å²) in [5.74, 6) is 0. The molecule has 1 rings (SSSR count). The minimum absolute atomic E-state index is 0. The van der Waals surface area contributed by atoms with E-state index in [1.54, 1.807) is 0 Å². The van der Waals surface area contributed by atoms with Crippen molar-refractivity contribution in [1.82, 2.24) is 0 Å². The molecular formula is CH4Cl2N4. The Morgan fingerprint density at radius 3 is 1.43 bits per heavy atom. The summed E-state index contributed by atoms with van der Waals surface area (Å²) in [6, 6.07) is 0. The summed E-state index contributed by atoms with van der Waals surface area (Å²) >= 11 is 0. The van der Waals surface area contributed by atoms with Gasteiger partial charge in [-0.2, -0.15) is 0 Å². The van der Waals surface area contributed by atoms with Gasteiger partial charge in [-0.3, -0.25) is 0 Å². The lowest BCUT2D eigenvalue weighted by molar-refractivity contribution is 1.05. The Morgan fingerprint density at radius 2 is 1.29 bits per heavy atom. The van der Waals surface area contributed by atoms with E-state index in [9.17, 15) is 0 Å². The molecule has 4 nitrogen and oxygen atoms in total. The molecule has 0 radical (unpaired) electrons. The molecule has 1 aliphatic rings. The van der Waals surface area contributed by atoms with Crippen LogP contribution in [0.15, 0.2) is 20.7 Å². The molecule has 0 N–H and O–H groups in total. The van der Waals surface area contributed by atoms with Gasteiger partial charge in [0.2, 0.25) is 0 Å². The molecule has 1 heterocycles. The molecule has 0 spiro atoms. The quantitative estimate of drug-likeness (QED) is 0.494. The molecule has 0 unspecified atom stereocenters. The van der Waals surface area contributed by atoms with Crippen LogP contribution >= 0.6 is 24.8 Å². The van der Waals surface area contributed by atoms with Crippen LogP contribution in [0, 0.1) is 0 Å². The zero-order chi connectivity index (χ0) is 3.54. The Kier molecular flexibility index (Phi) is 8.19. The van der Waals surface area contributed by atoms with Crippen molar-refractivity contribution in [3.05, 3.63) is 0 Å². The fourth-order valence-electron chi connectivity index (χ4n) is 0.141. The number of hydrogen-bond donors (Lipinski definition) is 0. The third kappa shape index (κ3) is 3.61. The van der Waals surface area contributed by atoms with Crippen LogP contribution in [0.25, 0.3) is 0 Å². The minimum atomic E-state index is 0. The molecule has 6 heteroatoms. The second-order valence-corrected chi connectivity index (χ2v) is 0.603. The molecule has 0 bridgehead atoms. The number of rotatable bonds is 0. The van der Waals surface area contributed by atoms with Gasteiger partial charge in [0.05, 0.1) is 0 Å². The maximum absolute atomic E-state index is 3.38. The smallest absolute Gasteiger partial charge is 0.147 e. The van der Waals surface area contributed by atoms with Crippen LogP contribution in [0.4, 0.5) is 0 Å². The zero-order valence-electron chi connectivity index (χ0n) is 3.31. The Morgan fingerprint density at radius 1 is 0.857 bits per heavy atom. The first-order chi connectivity index (χ1) is 2.50. The lowest BCUT2D eigenvalue weighted by atomic mass is 11.2. The van der Waals surface area contributed by atoms with Gasteiger partial charge in [0.15, 0.2) is 6.67 Å². The summed E-state index contributed by atoms with van der Waals surface area (Å²) in [5.41, 5.74) is 0. The van der Waals surface area contributed by atoms with Crippen LogP contribution in [0.1, 0.15) is 0 Å². The van der Waals surface area contributed by atoms with Crippen molar-refractivity contribution in [1.29, 1.82) is 0 Å². The third-order valence-electron chi connectivity index (χ3n) is 0.293. The van der Waals surface area contributed by atoms with Gasteiger partial charge < -0.3 is 0 Å². The number of nitrogens with zero attached hydrogens (tertiary/aromatic N) is 4. The van der Waals surface area contributed by atoms with Crippen LogP contribution in [0.5, 0.6) is 0 Å². The fourth-order valence-corrected chi connectivity index (χ4v) is 0.141. The highest BCUT2D eigenvalue weighted by atomic mass is 35.5. The van der Waals surface area contributed by atoms with Crippen molar-refractivity contribution in [2.24, 2.45) is 20.7 Å². The fraction of sp³-hybridized carbons (Fsp3) is 1.00. The normalized spacial score (nSPS) is 12.6. The molecule has 0 atom stereocenters. The van der Waals surface area contributed by atoms with Crippen molar-refractivity contribution in [3.8, 4) is 0 Å². The van der Waals surface area contributed by atoms with Crippen molar-refractivity contribution >= 4 is 24.8 Å². The summed E-state index contributed by atoms with van der Waals surface area (Å²) in [4.78, 5) is 0. The standard InChI is InChI=1S/CH2N4.2ClH/c1-2-4-5-3-1;;/h1H2;2*1H. The van der Waals surface area contributed by atoms with E-state index in [1.807, 2.05) is 0 Å². The van der Waals surface area contributed by atoms with Gasteiger partial charge in [0.1, 0.15) is 0 Å². The number of hydrogen-bond acceptors (Lipinski definition) is 4. The van der Waals surface area contributed by atoms with Crippen LogP contribution < -0.4 is 0 Å². The monoisotopic (exact) mass is 142 g/mol. The van der Waals surface area contributed by atoms with Crippen LogP contribution in [-0.2, 0) is 0 Å². The minimum Gasteiger partial charge on any atom is -0.147 e.